The molecule has 2 N–H and O–H groups in total. The Morgan fingerprint density at radius 1 is 1.42 bits per heavy atom. The van der Waals surface area contributed by atoms with E-state index in [0.717, 1.165) is 16.3 Å². The summed E-state index contributed by atoms with van der Waals surface area (Å²) in [5, 5.41) is 8.82. The predicted molar refractivity (Wildman–Crippen MR) is 66.2 cm³/mol. The summed E-state index contributed by atoms with van der Waals surface area (Å²) >= 11 is 0. The van der Waals surface area contributed by atoms with Crippen LogP contribution in [0.3, 0.4) is 0 Å². The van der Waals surface area contributed by atoms with Crippen LogP contribution < -0.4 is 11.2 Å². The standard InChI is InChI=1S/C12H11N3O4/c16-10-9(11(17)18)7-15(12(19)14-10)5-3-8-2-1-4-13-6-8/h1-2,4,6-7H,3,5H2,(H,17,18)(H,14,16,19). The number of aromatic nitrogens is 3. The molecule has 0 fully saturated rings. The number of hydrogen-bond donors (Lipinski definition) is 2. The molecular formula is C12H11N3O4. The van der Waals surface area contributed by atoms with E-state index in [4.69, 9.17) is 5.11 Å². The number of nitrogens with zero attached hydrogens (tertiary/aromatic N) is 2. The summed E-state index contributed by atoms with van der Waals surface area (Å²) in [5.74, 6) is -1.36. The van der Waals surface area contributed by atoms with Crippen LogP contribution in [-0.4, -0.2) is 25.6 Å². The SMILES string of the molecule is O=C(O)c1cn(CCc2cccnc2)c(=O)[nH]c1=O. The number of nitrogens with one attached hydrogen (secondary N) is 1. The molecule has 0 spiro atoms. The third kappa shape index (κ3) is 2.95. The van der Waals surface area contributed by atoms with Gasteiger partial charge in [0.15, 0.2) is 0 Å². The van der Waals surface area contributed by atoms with Crippen LogP contribution in [-0.2, 0) is 13.0 Å². The number of carbonyl (C=O) groups is 1. The molecule has 0 saturated carbocycles. The number of aromatic amines is 1. The van der Waals surface area contributed by atoms with E-state index < -0.39 is 22.8 Å². The van der Waals surface area contributed by atoms with Crippen LogP contribution in [0.1, 0.15) is 15.9 Å². The number of aromatic carboxylic acids is 1. The molecular weight excluding hydrogens is 250 g/mol. The number of aryl methyl sites for hydroxylation is 2. The Morgan fingerprint density at radius 2 is 2.21 bits per heavy atom. The van der Waals surface area contributed by atoms with Gasteiger partial charge in [0.1, 0.15) is 5.56 Å². The van der Waals surface area contributed by atoms with Crippen LogP contribution in [0.5, 0.6) is 0 Å². The van der Waals surface area contributed by atoms with Gasteiger partial charge in [-0.3, -0.25) is 19.3 Å². The minimum Gasteiger partial charge on any atom is -0.477 e. The van der Waals surface area contributed by atoms with Crippen molar-refractivity contribution < 1.29 is 9.90 Å². The van der Waals surface area contributed by atoms with Gasteiger partial charge in [0, 0.05) is 25.1 Å². The van der Waals surface area contributed by atoms with Gasteiger partial charge in [-0.2, -0.15) is 0 Å². The number of rotatable bonds is 4. The highest BCUT2D eigenvalue weighted by atomic mass is 16.4. The molecule has 98 valence electrons. The normalized spacial score (nSPS) is 10.3. The Hall–Kier alpha value is -2.70. The second-order valence-corrected chi connectivity index (χ2v) is 3.91. The highest BCUT2D eigenvalue weighted by molar-refractivity contribution is 5.86. The fourth-order valence-corrected chi connectivity index (χ4v) is 1.62. The van der Waals surface area contributed by atoms with E-state index >= 15 is 0 Å². The lowest BCUT2D eigenvalue weighted by Gasteiger charge is -2.05. The smallest absolute Gasteiger partial charge is 0.342 e. The van der Waals surface area contributed by atoms with Crippen molar-refractivity contribution >= 4 is 5.97 Å². The second kappa shape index (κ2) is 5.30. The van der Waals surface area contributed by atoms with Crippen molar-refractivity contribution in [2.75, 3.05) is 0 Å². The van der Waals surface area contributed by atoms with Crippen LogP contribution in [0, 0.1) is 0 Å². The molecule has 0 atom stereocenters. The molecule has 0 bridgehead atoms. The fraction of sp³-hybridized carbons (Fsp3) is 0.167. The molecule has 2 rings (SSSR count). The van der Waals surface area contributed by atoms with Gasteiger partial charge in [0.05, 0.1) is 0 Å². The monoisotopic (exact) mass is 261 g/mol. The maximum atomic E-state index is 11.5. The van der Waals surface area contributed by atoms with Gasteiger partial charge in [-0.05, 0) is 18.1 Å². The second-order valence-electron chi connectivity index (χ2n) is 3.91. The summed E-state index contributed by atoms with van der Waals surface area (Å²) < 4.78 is 1.16. The largest absolute Gasteiger partial charge is 0.477 e. The molecule has 0 aliphatic heterocycles. The molecule has 0 aliphatic carbocycles. The van der Waals surface area contributed by atoms with Crippen molar-refractivity contribution in [1.29, 1.82) is 0 Å². The zero-order valence-corrected chi connectivity index (χ0v) is 9.87. The third-order valence-corrected chi connectivity index (χ3v) is 2.61. The molecule has 19 heavy (non-hydrogen) atoms. The Kier molecular flexibility index (Phi) is 3.56. The van der Waals surface area contributed by atoms with Crippen LogP contribution >= 0.6 is 0 Å². The number of carboxylic acids is 1. The first-order chi connectivity index (χ1) is 9.08. The van der Waals surface area contributed by atoms with Gasteiger partial charge in [0.25, 0.3) is 5.56 Å². The zero-order valence-electron chi connectivity index (χ0n) is 9.87. The summed E-state index contributed by atoms with van der Waals surface area (Å²) in [7, 11) is 0. The van der Waals surface area contributed by atoms with E-state index in [2.05, 4.69) is 4.98 Å². The van der Waals surface area contributed by atoms with Crippen LogP contribution in [0.2, 0.25) is 0 Å². The average Bonchev–Trinajstić information content (AvgIpc) is 2.38. The van der Waals surface area contributed by atoms with Gasteiger partial charge in [-0.1, -0.05) is 6.07 Å². The quantitative estimate of drug-likeness (QED) is 0.797. The van der Waals surface area contributed by atoms with E-state index in [1.54, 1.807) is 18.5 Å². The van der Waals surface area contributed by atoms with Crippen molar-refractivity contribution in [3.05, 3.63) is 62.7 Å². The van der Waals surface area contributed by atoms with Crippen LogP contribution in [0.15, 0.2) is 40.3 Å². The lowest BCUT2D eigenvalue weighted by molar-refractivity contribution is 0.0693. The molecule has 0 saturated heterocycles. The van der Waals surface area contributed by atoms with Gasteiger partial charge >= 0.3 is 11.7 Å². The van der Waals surface area contributed by atoms with Crippen molar-refractivity contribution in [3.8, 4) is 0 Å². The molecule has 0 unspecified atom stereocenters. The molecule has 7 nitrogen and oxygen atoms in total. The highest BCUT2D eigenvalue weighted by Crippen LogP contribution is 1.98. The zero-order chi connectivity index (χ0) is 13.8. The number of hydrogen-bond acceptors (Lipinski definition) is 4. The van der Waals surface area contributed by atoms with Crippen molar-refractivity contribution in [3.63, 3.8) is 0 Å². The van der Waals surface area contributed by atoms with Gasteiger partial charge < -0.3 is 5.11 Å². The molecule has 0 amide bonds. The van der Waals surface area contributed by atoms with Crippen molar-refractivity contribution in [2.45, 2.75) is 13.0 Å². The molecule has 2 aromatic heterocycles. The number of carboxylic acid groups (broad SMARTS) is 1. The van der Waals surface area contributed by atoms with Crippen LogP contribution in [0.25, 0.3) is 0 Å². The van der Waals surface area contributed by atoms with Gasteiger partial charge in [-0.15, -0.1) is 0 Å². The Bertz CT molecular complexity index is 703. The Labute approximate surface area is 107 Å². The first-order valence-electron chi connectivity index (χ1n) is 5.54. The molecule has 2 aromatic rings. The van der Waals surface area contributed by atoms with Gasteiger partial charge in [0.2, 0.25) is 0 Å². The summed E-state index contributed by atoms with van der Waals surface area (Å²) in [4.78, 5) is 39.5. The summed E-state index contributed by atoms with van der Waals surface area (Å²) in [5.41, 5.74) is -1.06. The maximum absolute atomic E-state index is 11.5. The summed E-state index contributed by atoms with van der Waals surface area (Å²) in [6, 6.07) is 3.62. The van der Waals surface area contributed by atoms with E-state index in [0.29, 0.717) is 6.42 Å². The lowest BCUT2D eigenvalue weighted by atomic mass is 10.2. The first-order valence-corrected chi connectivity index (χ1v) is 5.54. The fourth-order valence-electron chi connectivity index (χ4n) is 1.62. The Balaban J connectivity index is 2.26. The van der Waals surface area contributed by atoms with Crippen molar-refractivity contribution in [1.82, 2.24) is 14.5 Å². The average molecular weight is 261 g/mol. The van der Waals surface area contributed by atoms with Crippen LogP contribution in [0.4, 0.5) is 0 Å². The molecule has 0 aromatic carbocycles. The van der Waals surface area contributed by atoms with Crippen molar-refractivity contribution in [2.24, 2.45) is 0 Å². The maximum Gasteiger partial charge on any atom is 0.342 e. The lowest BCUT2D eigenvalue weighted by Crippen LogP contribution is -2.33. The van der Waals surface area contributed by atoms with E-state index in [1.807, 2.05) is 11.1 Å². The molecule has 7 heteroatoms. The summed E-state index contributed by atoms with van der Waals surface area (Å²) in [6.07, 6.45) is 4.87. The number of H-pyrrole nitrogens is 1. The molecule has 2 heterocycles. The highest BCUT2D eigenvalue weighted by Gasteiger charge is 2.11. The minimum atomic E-state index is -1.36. The minimum absolute atomic E-state index is 0.265. The van der Waals surface area contributed by atoms with Gasteiger partial charge in [-0.25, -0.2) is 9.59 Å². The van der Waals surface area contributed by atoms with E-state index in [9.17, 15) is 14.4 Å². The number of pyridine rings is 1. The van der Waals surface area contributed by atoms with E-state index in [1.165, 1.54) is 0 Å². The molecule has 0 aliphatic rings. The Morgan fingerprint density at radius 3 is 2.84 bits per heavy atom. The topological polar surface area (TPSA) is 105 Å². The summed E-state index contributed by atoms with van der Waals surface area (Å²) in [6.45, 7) is 0.265. The van der Waals surface area contributed by atoms with E-state index in [-0.39, 0.29) is 6.54 Å². The molecule has 0 radical (unpaired) electrons. The first kappa shape index (κ1) is 12.7. The third-order valence-electron chi connectivity index (χ3n) is 2.61. The predicted octanol–water partition coefficient (Wildman–Crippen LogP) is -0.127.